The van der Waals surface area contributed by atoms with Gasteiger partial charge in [0.1, 0.15) is 10.8 Å². The lowest BCUT2D eigenvalue weighted by Crippen LogP contribution is -2.19. The number of rotatable bonds is 6. The Morgan fingerprint density at radius 2 is 1.72 bits per heavy atom. The van der Waals surface area contributed by atoms with Crippen molar-refractivity contribution in [3.05, 3.63) is 93.1 Å². The van der Waals surface area contributed by atoms with Crippen molar-refractivity contribution >= 4 is 63.6 Å². The van der Waals surface area contributed by atoms with Crippen LogP contribution in [0.2, 0.25) is 15.1 Å². The van der Waals surface area contributed by atoms with Crippen molar-refractivity contribution in [2.24, 2.45) is 0 Å². The fourth-order valence-electron chi connectivity index (χ4n) is 2.95. The Labute approximate surface area is 203 Å². The van der Waals surface area contributed by atoms with E-state index in [1.165, 1.54) is 12.1 Å². The van der Waals surface area contributed by atoms with Crippen molar-refractivity contribution in [1.82, 2.24) is 19.6 Å². The van der Waals surface area contributed by atoms with E-state index >= 15 is 0 Å². The Kier molecular flexibility index (Phi) is 6.95. The molecule has 0 aliphatic carbocycles. The van der Waals surface area contributed by atoms with Crippen LogP contribution in [-0.2, 0) is 13.1 Å². The van der Waals surface area contributed by atoms with Gasteiger partial charge in [-0.25, -0.2) is 4.39 Å². The average molecular weight is 510 g/mol. The molecule has 0 radical (unpaired) electrons. The Bertz CT molecular complexity index is 1250. The summed E-state index contributed by atoms with van der Waals surface area (Å²) >= 11 is 23.8. The predicted octanol–water partition coefficient (Wildman–Crippen LogP) is 6.08. The normalized spacial score (nSPS) is 10.9. The molecule has 164 valence electrons. The molecular formula is C21H16Cl3FN6S. The Morgan fingerprint density at radius 1 is 0.938 bits per heavy atom. The number of aromatic nitrogens is 4. The third-order valence-electron chi connectivity index (χ3n) is 4.45. The molecule has 0 unspecified atom stereocenters. The van der Waals surface area contributed by atoms with Gasteiger partial charge in [0.25, 0.3) is 0 Å². The molecule has 4 rings (SSSR count). The Morgan fingerprint density at radius 3 is 2.47 bits per heavy atom. The summed E-state index contributed by atoms with van der Waals surface area (Å²) < 4.78 is 16.4. The van der Waals surface area contributed by atoms with E-state index < -0.39 is 0 Å². The minimum Gasteiger partial charge on any atom is -0.330 e. The van der Waals surface area contributed by atoms with E-state index in [1.807, 2.05) is 6.07 Å². The van der Waals surface area contributed by atoms with Crippen molar-refractivity contribution in [2.45, 2.75) is 13.1 Å². The van der Waals surface area contributed by atoms with Crippen LogP contribution in [0.4, 0.5) is 15.9 Å². The smallest absolute Gasteiger partial charge is 0.176 e. The highest BCUT2D eigenvalue weighted by Crippen LogP contribution is 2.24. The van der Waals surface area contributed by atoms with Crippen LogP contribution in [0.5, 0.6) is 0 Å². The number of hydrogen-bond donors (Lipinski definition) is 2. The SMILES string of the molecule is Fc1ccc(Cn2cc(NC(=S)Nc3nn(Cc4ccc(Cl)cc4Cl)cc3Cl)cn2)cc1. The maximum atomic E-state index is 13.0. The van der Waals surface area contributed by atoms with E-state index in [2.05, 4.69) is 20.8 Å². The van der Waals surface area contributed by atoms with Gasteiger partial charge in [0, 0.05) is 22.4 Å². The molecule has 2 aromatic carbocycles. The minimum atomic E-state index is -0.273. The lowest BCUT2D eigenvalue weighted by Gasteiger charge is -2.07. The first-order valence-electron chi connectivity index (χ1n) is 9.37. The van der Waals surface area contributed by atoms with E-state index in [0.717, 1.165) is 11.1 Å². The third kappa shape index (κ3) is 5.77. The lowest BCUT2D eigenvalue weighted by atomic mass is 10.2. The van der Waals surface area contributed by atoms with Gasteiger partial charge in [-0.05, 0) is 47.6 Å². The van der Waals surface area contributed by atoms with E-state index in [0.29, 0.717) is 44.8 Å². The topological polar surface area (TPSA) is 59.7 Å². The molecule has 0 saturated heterocycles. The zero-order chi connectivity index (χ0) is 22.7. The number of nitrogens with zero attached hydrogens (tertiary/aromatic N) is 4. The highest BCUT2D eigenvalue weighted by atomic mass is 35.5. The number of thiocarbonyl (C=S) groups is 1. The summed E-state index contributed by atoms with van der Waals surface area (Å²) in [7, 11) is 0. The summed E-state index contributed by atoms with van der Waals surface area (Å²) in [6, 6.07) is 11.5. The first kappa shape index (κ1) is 22.5. The van der Waals surface area contributed by atoms with Gasteiger partial charge >= 0.3 is 0 Å². The summed E-state index contributed by atoms with van der Waals surface area (Å²) in [6.07, 6.45) is 5.11. The molecule has 0 bridgehead atoms. The molecule has 0 aliphatic heterocycles. The summed E-state index contributed by atoms with van der Waals surface area (Å²) in [5.41, 5.74) is 2.48. The second-order valence-corrected chi connectivity index (χ2v) is 8.55. The van der Waals surface area contributed by atoms with Gasteiger partial charge < -0.3 is 10.6 Å². The molecule has 2 aromatic heterocycles. The van der Waals surface area contributed by atoms with Crippen molar-refractivity contribution in [2.75, 3.05) is 10.6 Å². The predicted molar refractivity (Wildman–Crippen MR) is 130 cm³/mol. The van der Waals surface area contributed by atoms with E-state index in [4.69, 9.17) is 47.0 Å². The summed E-state index contributed by atoms with van der Waals surface area (Å²) in [4.78, 5) is 0. The lowest BCUT2D eigenvalue weighted by molar-refractivity contribution is 0.624. The molecule has 11 heteroatoms. The van der Waals surface area contributed by atoms with Crippen LogP contribution in [0.15, 0.2) is 61.1 Å². The van der Waals surface area contributed by atoms with Crippen LogP contribution in [0.1, 0.15) is 11.1 Å². The number of benzene rings is 2. The summed E-state index contributed by atoms with van der Waals surface area (Å²) in [5, 5.41) is 16.6. The molecule has 0 fully saturated rings. The van der Waals surface area contributed by atoms with Crippen LogP contribution in [0.3, 0.4) is 0 Å². The van der Waals surface area contributed by atoms with Gasteiger partial charge in [-0.3, -0.25) is 9.36 Å². The number of halogens is 4. The number of nitrogens with one attached hydrogen (secondary N) is 2. The molecule has 0 spiro atoms. The molecule has 4 aromatic rings. The van der Waals surface area contributed by atoms with Crippen LogP contribution < -0.4 is 10.6 Å². The fraction of sp³-hybridized carbons (Fsp3) is 0.0952. The van der Waals surface area contributed by atoms with Crippen LogP contribution in [0, 0.1) is 5.82 Å². The van der Waals surface area contributed by atoms with Gasteiger partial charge in [-0.2, -0.15) is 10.2 Å². The van der Waals surface area contributed by atoms with Gasteiger partial charge in [0.05, 0.1) is 25.0 Å². The quantitative estimate of drug-likeness (QED) is 0.308. The largest absolute Gasteiger partial charge is 0.330 e. The fourth-order valence-corrected chi connectivity index (χ4v) is 3.83. The van der Waals surface area contributed by atoms with Gasteiger partial charge in [0.2, 0.25) is 0 Å². The highest BCUT2D eigenvalue weighted by molar-refractivity contribution is 7.80. The number of hydrogen-bond acceptors (Lipinski definition) is 3. The first-order chi connectivity index (χ1) is 15.4. The first-order valence-corrected chi connectivity index (χ1v) is 10.9. The molecule has 32 heavy (non-hydrogen) atoms. The monoisotopic (exact) mass is 508 g/mol. The summed E-state index contributed by atoms with van der Waals surface area (Å²) in [5.74, 6) is 0.137. The average Bonchev–Trinajstić information content (AvgIpc) is 3.31. The zero-order valence-electron chi connectivity index (χ0n) is 16.4. The van der Waals surface area contributed by atoms with E-state index in [9.17, 15) is 4.39 Å². The number of anilines is 2. The van der Waals surface area contributed by atoms with E-state index in [1.54, 1.807) is 52.2 Å². The van der Waals surface area contributed by atoms with Crippen molar-refractivity contribution in [3.63, 3.8) is 0 Å². The highest BCUT2D eigenvalue weighted by Gasteiger charge is 2.11. The maximum absolute atomic E-state index is 13.0. The van der Waals surface area contributed by atoms with Crippen molar-refractivity contribution < 1.29 is 4.39 Å². The Balaban J connectivity index is 1.36. The standard InChI is InChI=1S/C21H16Cl3FN6S/c22-15-4-3-14(18(23)7-15)10-31-12-19(24)20(29-31)28-21(32)27-17-8-26-30(11-17)9-13-1-5-16(25)6-2-13/h1-8,11-12H,9-10H2,(H2,27,28,29,32). The van der Waals surface area contributed by atoms with Gasteiger partial charge in [-0.1, -0.05) is 53.0 Å². The Hall–Kier alpha value is -2.65. The van der Waals surface area contributed by atoms with Crippen LogP contribution in [0.25, 0.3) is 0 Å². The summed E-state index contributed by atoms with van der Waals surface area (Å²) in [6.45, 7) is 0.930. The molecule has 2 heterocycles. The molecule has 0 atom stereocenters. The van der Waals surface area contributed by atoms with Crippen molar-refractivity contribution in [1.29, 1.82) is 0 Å². The molecule has 6 nitrogen and oxygen atoms in total. The van der Waals surface area contributed by atoms with Crippen LogP contribution in [-0.4, -0.2) is 24.7 Å². The van der Waals surface area contributed by atoms with Gasteiger partial charge in [-0.15, -0.1) is 0 Å². The maximum Gasteiger partial charge on any atom is 0.176 e. The third-order valence-corrected chi connectivity index (χ3v) is 5.51. The zero-order valence-corrected chi connectivity index (χ0v) is 19.5. The minimum absolute atomic E-state index is 0.273. The molecular weight excluding hydrogens is 494 g/mol. The van der Waals surface area contributed by atoms with E-state index in [-0.39, 0.29) is 5.82 Å². The molecule has 2 N–H and O–H groups in total. The molecule has 0 saturated carbocycles. The van der Waals surface area contributed by atoms with Crippen molar-refractivity contribution in [3.8, 4) is 0 Å². The second kappa shape index (κ2) is 9.87. The second-order valence-electron chi connectivity index (χ2n) is 6.89. The molecule has 0 amide bonds. The van der Waals surface area contributed by atoms with Gasteiger partial charge in [0.15, 0.2) is 10.9 Å². The van der Waals surface area contributed by atoms with Crippen LogP contribution >= 0.6 is 47.0 Å². The molecule has 0 aliphatic rings.